The molecule has 104 valence electrons. The molecule has 0 radical (unpaired) electrons. The molecule has 2 aromatic rings. The van der Waals surface area contributed by atoms with Crippen LogP contribution < -0.4 is 5.32 Å². The van der Waals surface area contributed by atoms with E-state index in [0.29, 0.717) is 18.8 Å². The smallest absolute Gasteiger partial charge is 0.224 e. The van der Waals surface area contributed by atoms with Crippen LogP contribution in [0.5, 0.6) is 0 Å². The summed E-state index contributed by atoms with van der Waals surface area (Å²) >= 11 is 5.93. The largest absolute Gasteiger partial charge is 0.355 e. The number of nitrogens with one attached hydrogen (secondary N) is 1. The van der Waals surface area contributed by atoms with Crippen LogP contribution in [0.1, 0.15) is 18.4 Å². The molecule has 0 unspecified atom stereocenters. The maximum absolute atomic E-state index is 12.1. The lowest BCUT2D eigenvalue weighted by Crippen LogP contribution is -2.32. The summed E-state index contributed by atoms with van der Waals surface area (Å²) in [6.07, 6.45) is 2.69. The quantitative estimate of drug-likeness (QED) is 0.838. The predicted molar refractivity (Wildman–Crippen MR) is 83.0 cm³/mol. The van der Waals surface area contributed by atoms with Gasteiger partial charge in [0.15, 0.2) is 0 Å². The van der Waals surface area contributed by atoms with Crippen LogP contribution in [0.15, 0.2) is 42.5 Å². The molecule has 3 heteroatoms. The summed E-state index contributed by atoms with van der Waals surface area (Å²) in [6, 6.07) is 14.3. The van der Waals surface area contributed by atoms with Crippen molar-refractivity contribution in [3.05, 3.63) is 48.0 Å². The molecule has 1 amide bonds. The molecule has 1 N–H and O–H groups in total. The van der Waals surface area contributed by atoms with Gasteiger partial charge in [-0.3, -0.25) is 4.79 Å². The van der Waals surface area contributed by atoms with Gasteiger partial charge in [0.2, 0.25) is 5.91 Å². The van der Waals surface area contributed by atoms with Gasteiger partial charge in [0.1, 0.15) is 0 Å². The first-order valence-electron chi connectivity index (χ1n) is 7.02. The van der Waals surface area contributed by atoms with Crippen molar-refractivity contribution in [2.24, 2.45) is 5.41 Å². The van der Waals surface area contributed by atoms with E-state index in [0.717, 1.165) is 23.8 Å². The first kappa shape index (κ1) is 13.4. The van der Waals surface area contributed by atoms with Gasteiger partial charge in [-0.1, -0.05) is 42.5 Å². The van der Waals surface area contributed by atoms with Gasteiger partial charge in [-0.15, -0.1) is 11.6 Å². The second-order valence-corrected chi connectivity index (χ2v) is 5.99. The molecule has 0 saturated heterocycles. The van der Waals surface area contributed by atoms with E-state index >= 15 is 0 Å². The van der Waals surface area contributed by atoms with Crippen LogP contribution in [0.3, 0.4) is 0 Å². The topological polar surface area (TPSA) is 29.1 Å². The Morgan fingerprint density at radius 1 is 1.15 bits per heavy atom. The van der Waals surface area contributed by atoms with Gasteiger partial charge in [-0.25, -0.2) is 0 Å². The first-order valence-corrected chi connectivity index (χ1v) is 7.55. The van der Waals surface area contributed by atoms with Crippen LogP contribution in [-0.4, -0.2) is 18.3 Å². The van der Waals surface area contributed by atoms with E-state index in [1.807, 2.05) is 24.3 Å². The van der Waals surface area contributed by atoms with Crippen LogP contribution in [0.4, 0.5) is 0 Å². The molecule has 0 heterocycles. The monoisotopic (exact) mass is 287 g/mol. The van der Waals surface area contributed by atoms with Crippen molar-refractivity contribution in [2.75, 3.05) is 12.4 Å². The third kappa shape index (κ3) is 2.80. The number of alkyl halides is 1. The minimum Gasteiger partial charge on any atom is -0.355 e. The van der Waals surface area contributed by atoms with Gasteiger partial charge < -0.3 is 5.32 Å². The van der Waals surface area contributed by atoms with E-state index in [1.54, 1.807) is 0 Å². The van der Waals surface area contributed by atoms with Crippen molar-refractivity contribution < 1.29 is 4.79 Å². The molecule has 2 aromatic carbocycles. The number of hydrogen-bond acceptors (Lipinski definition) is 1. The molecule has 1 aliphatic rings. The van der Waals surface area contributed by atoms with Crippen molar-refractivity contribution in [1.29, 1.82) is 0 Å². The summed E-state index contributed by atoms with van der Waals surface area (Å²) in [6.45, 7) is 0.708. The third-order valence-corrected chi connectivity index (χ3v) is 4.70. The highest BCUT2D eigenvalue weighted by molar-refractivity contribution is 6.18. The molecule has 0 bridgehead atoms. The van der Waals surface area contributed by atoms with Gasteiger partial charge in [-0.05, 0) is 29.2 Å². The number of carbonyl (C=O) groups excluding carboxylic acids is 1. The summed E-state index contributed by atoms with van der Waals surface area (Å²) in [5, 5.41) is 5.36. The number of halogens is 1. The third-order valence-electron chi connectivity index (χ3n) is 4.13. The fourth-order valence-corrected chi connectivity index (χ4v) is 2.86. The lowest BCUT2D eigenvalue weighted by atomic mass is 10.0. The number of fused-ring (bicyclic) bond motifs is 1. The zero-order chi connectivity index (χ0) is 14.0. The Morgan fingerprint density at radius 3 is 2.65 bits per heavy atom. The Balaban J connectivity index is 1.68. The van der Waals surface area contributed by atoms with Crippen molar-refractivity contribution in [3.63, 3.8) is 0 Å². The number of benzene rings is 2. The van der Waals surface area contributed by atoms with E-state index in [-0.39, 0.29) is 11.3 Å². The van der Waals surface area contributed by atoms with Crippen molar-refractivity contribution >= 4 is 28.3 Å². The maximum Gasteiger partial charge on any atom is 0.224 e. The highest BCUT2D eigenvalue weighted by atomic mass is 35.5. The molecule has 3 rings (SSSR count). The van der Waals surface area contributed by atoms with Crippen molar-refractivity contribution in [2.45, 2.75) is 19.3 Å². The summed E-state index contributed by atoms with van der Waals surface area (Å²) in [4.78, 5) is 12.1. The molecular weight excluding hydrogens is 270 g/mol. The van der Waals surface area contributed by atoms with Gasteiger partial charge in [0, 0.05) is 17.8 Å². The standard InChI is InChI=1S/C17H18ClNO/c18-11-17(8-9-17)12-19-16(20)10-14-6-3-5-13-4-1-2-7-15(13)14/h1-7H,8-12H2,(H,19,20). The van der Waals surface area contributed by atoms with Gasteiger partial charge in [-0.2, -0.15) is 0 Å². The van der Waals surface area contributed by atoms with Crippen LogP contribution in [0, 0.1) is 5.41 Å². The van der Waals surface area contributed by atoms with E-state index in [2.05, 4.69) is 23.5 Å². The molecule has 1 saturated carbocycles. The Kier molecular flexibility index (Phi) is 3.66. The number of hydrogen-bond donors (Lipinski definition) is 1. The van der Waals surface area contributed by atoms with E-state index in [4.69, 9.17) is 11.6 Å². The van der Waals surface area contributed by atoms with Crippen LogP contribution >= 0.6 is 11.6 Å². The normalized spacial score (nSPS) is 16.1. The Bertz CT molecular complexity index is 628. The summed E-state index contributed by atoms with van der Waals surface area (Å²) in [7, 11) is 0. The highest BCUT2D eigenvalue weighted by Gasteiger charge is 2.41. The van der Waals surface area contributed by atoms with Gasteiger partial charge >= 0.3 is 0 Å². The zero-order valence-corrected chi connectivity index (χ0v) is 12.1. The lowest BCUT2D eigenvalue weighted by molar-refractivity contribution is -0.120. The van der Waals surface area contributed by atoms with Gasteiger partial charge in [0.05, 0.1) is 6.42 Å². The number of carbonyl (C=O) groups is 1. The summed E-state index contributed by atoms with van der Waals surface area (Å²) in [5.41, 5.74) is 1.26. The second kappa shape index (κ2) is 5.45. The molecule has 0 spiro atoms. The average molecular weight is 288 g/mol. The van der Waals surface area contributed by atoms with Gasteiger partial charge in [0.25, 0.3) is 0 Å². The first-order chi connectivity index (χ1) is 9.72. The fourth-order valence-electron chi connectivity index (χ4n) is 2.50. The molecule has 0 atom stereocenters. The van der Waals surface area contributed by atoms with E-state index in [1.165, 1.54) is 5.39 Å². The van der Waals surface area contributed by atoms with E-state index < -0.39 is 0 Å². The minimum absolute atomic E-state index is 0.0812. The van der Waals surface area contributed by atoms with Crippen molar-refractivity contribution in [1.82, 2.24) is 5.32 Å². The molecule has 20 heavy (non-hydrogen) atoms. The number of amides is 1. The molecule has 0 aliphatic heterocycles. The molecule has 1 fully saturated rings. The predicted octanol–water partition coefficient (Wildman–Crippen LogP) is 3.52. The average Bonchev–Trinajstić information content (AvgIpc) is 3.26. The fraction of sp³-hybridized carbons (Fsp3) is 0.353. The van der Waals surface area contributed by atoms with E-state index in [9.17, 15) is 4.79 Å². The molecular formula is C17H18ClNO. The minimum atomic E-state index is 0.0812. The summed E-state index contributed by atoms with van der Waals surface area (Å²) in [5.74, 6) is 0.722. The SMILES string of the molecule is O=C(Cc1cccc2ccccc12)NCC1(CCl)CC1. The Hall–Kier alpha value is -1.54. The van der Waals surface area contributed by atoms with Crippen LogP contribution in [0.25, 0.3) is 10.8 Å². The Morgan fingerprint density at radius 2 is 1.90 bits per heavy atom. The highest BCUT2D eigenvalue weighted by Crippen LogP contribution is 2.45. The van der Waals surface area contributed by atoms with Crippen molar-refractivity contribution in [3.8, 4) is 0 Å². The zero-order valence-electron chi connectivity index (χ0n) is 11.4. The second-order valence-electron chi connectivity index (χ2n) is 5.73. The molecule has 2 nitrogen and oxygen atoms in total. The number of rotatable bonds is 5. The molecule has 1 aliphatic carbocycles. The molecule has 0 aromatic heterocycles. The lowest BCUT2D eigenvalue weighted by Gasteiger charge is -2.13. The summed E-state index contributed by atoms with van der Waals surface area (Å²) < 4.78 is 0. The maximum atomic E-state index is 12.1. The Labute approximate surface area is 124 Å². The van der Waals surface area contributed by atoms with Crippen LogP contribution in [-0.2, 0) is 11.2 Å². The van der Waals surface area contributed by atoms with Crippen LogP contribution in [0.2, 0.25) is 0 Å².